The molecule has 0 aromatic heterocycles. The number of carbonyl (C=O) groups excluding carboxylic acids is 3. The minimum atomic E-state index is -3.85. The molecule has 182 valence electrons. The van der Waals surface area contributed by atoms with Gasteiger partial charge in [0.25, 0.3) is 0 Å². The summed E-state index contributed by atoms with van der Waals surface area (Å²) in [5.41, 5.74) is 3.37. The third-order valence-electron chi connectivity index (χ3n) is 6.15. The summed E-state index contributed by atoms with van der Waals surface area (Å²) in [7, 11) is -3.85. The van der Waals surface area contributed by atoms with E-state index < -0.39 is 22.1 Å². The molecule has 1 aliphatic rings. The third-order valence-corrected chi connectivity index (χ3v) is 8.05. The van der Waals surface area contributed by atoms with E-state index in [1.165, 1.54) is 42.4 Å². The summed E-state index contributed by atoms with van der Waals surface area (Å²) in [6, 6.07) is 9.30. The fourth-order valence-electron chi connectivity index (χ4n) is 3.90. The van der Waals surface area contributed by atoms with Gasteiger partial charge in [0, 0.05) is 38.7 Å². The molecule has 1 fully saturated rings. The molecule has 1 saturated heterocycles. The smallest absolute Gasteiger partial charge is 0.338 e. The number of Topliss-reactive ketones (excluding diaryl/α,β-unsaturated/α-hetero) is 1. The number of amides is 1. The lowest BCUT2D eigenvalue weighted by atomic mass is 9.96. The van der Waals surface area contributed by atoms with Crippen LogP contribution in [-0.4, -0.2) is 67.6 Å². The van der Waals surface area contributed by atoms with Crippen LogP contribution in [0.1, 0.15) is 51.3 Å². The summed E-state index contributed by atoms with van der Waals surface area (Å²) < 4.78 is 32.8. The molecule has 0 N–H and O–H groups in total. The first-order valence-electron chi connectivity index (χ1n) is 11.1. The highest BCUT2D eigenvalue weighted by atomic mass is 32.2. The van der Waals surface area contributed by atoms with Gasteiger partial charge in [-0.3, -0.25) is 9.59 Å². The van der Waals surface area contributed by atoms with Crippen molar-refractivity contribution in [2.75, 3.05) is 26.2 Å². The van der Waals surface area contributed by atoms with Crippen LogP contribution in [0.3, 0.4) is 0 Å². The van der Waals surface area contributed by atoms with Gasteiger partial charge in [-0.25, -0.2) is 13.2 Å². The van der Waals surface area contributed by atoms with Gasteiger partial charge in [0.15, 0.2) is 6.10 Å². The predicted molar refractivity (Wildman–Crippen MR) is 127 cm³/mol. The first kappa shape index (κ1) is 25.6. The maximum absolute atomic E-state index is 13.1. The average molecular weight is 487 g/mol. The predicted octanol–water partition coefficient (Wildman–Crippen LogP) is 2.89. The highest BCUT2D eigenvalue weighted by Crippen LogP contribution is 2.21. The monoisotopic (exact) mass is 486 g/mol. The molecule has 1 aliphatic heterocycles. The average Bonchev–Trinajstić information content (AvgIpc) is 2.81. The molecule has 8 nitrogen and oxygen atoms in total. The molecular formula is C25H30N2O6S. The Kier molecular flexibility index (Phi) is 7.57. The Hall–Kier alpha value is -3.04. The molecule has 1 heterocycles. The van der Waals surface area contributed by atoms with Gasteiger partial charge in [-0.2, -0.15) is 4.31 Å². The van der Waals surface area contributed by atoms with E-state index >= 15 is 0 Å². The topological polar surface area (TPSA) is 101 Å². The first-order chi connectivity index (χ1) is 15.9. The van der Waals surface area contributed by atoms with E-state index in [1.54, 1.807) is 11.0 Å². The molecule has 2 aromatic rings. The largest absolute Gasteiger partial charge is 0.451 e. The highest BCUT2D eigenvalue weighted by Gasteiger charge is 2.30. The molecule has 0 saturated carbocycles. The second kappa shape index (κ2) is 10.1. The van der Waals surface area contributed by atoms with Crippen LogP contribution in [0.15, 0.2) is 41.3 Å². The van der Waals surface area contributed by atoms with Gasteiger partial charge in [-0.1, -0.05) is 12.1 Å². The molecule has 0 bridgehead atoms. The van der Waals surface area contributed by atoms with Crippen molar-refractivity contribution in [3.8, 4) is 0 Å². The summed E-state index contributed by atoms with van der Waals surface area (Å²) in [6.07, 6.45) is -1.03. The van der Waals surface area contributed by atoms with Gasteiger partial charge in [-0.05, 0) is 68.7 Å². The molecule has 1 unspecified atom stereocenters. The molecule has 3 rings (SSSR count). The third kappa shape index (κ3) is 5.37. The summed E-state index contributed by atoms with van der Waals surface area (Å²) in [6.45, 7) is 9.64. The lowest BCUT2D eigenvalue weighted by Crippen LogP contribution is -2.49. The Labute approximate surface area is 200 Å². The summed E-state index contributed by atoms with van der Waals surface area (Å²) >= 11 is 0. The van der Waals surface area contributed by atoms with Gasteiger partial charge in [0.1, 0.15) is 0 Å². The number of esters is 1. The number of sulfonamides is 1. The summed E-state index contributed by atoms with van der Waals surface area (Å²) in [4.78, 5) is 38.7. The van der Waals surface area contributed by atoms with Crippen molar-refractivity contribution in [2.45, 2.75) is 45.6 Å². The second-order valence-corrected chi connectivity index (χ2v) is 10.5. The summed E-state index contributed by atoms with van der Waals surface area (Å²) in [5.74, 6) is -1.19. The van der Waals surface area contributed by atoms with Crippen LogP contribution in [0.25, 0.3) is 0 Å². The quantitative estimate of drug-likeness (QED) is 0.460. The molecule has 34 heavy (non-hydrogen) atoms. The zero-order valence-electron chi connectivity index (χ0n) is 20.1. The number of rotatable bonds is 6. The maximum atomic E-state index is 13.1. The van der Waals surface area contributed by atoms with Crippen molar-refractivity contribution in [1.82, 2.24) is 9.21 Å². The molecular weight excluding hydrogens is 456 g/mol. The number of hydrogen-bond acceptors (Lipinski definition) is 6. The normalized spacial score (nSPS) is 15.6. The van der Waals surface area contributed by atoms with Crippen LogP contribution in [-0.2, 0) is 19.6 Å². The lowest BCUT2D eigenvalue weighted by Gasteiger charge is -2.33. The Balaban J connectivity index is 1.74. The van der Waals surface area contributed by atoms with E-state index in [2.05, 4.69) is 0 Å². The number of ketones is 1. The number of aryl methyl sites for hydroxylation is 3. The van der Waals surface area contributed by atoms with Gasteiger partial charge >= 0.3 is 5.97 Å². The summed E-state index contributed by atoms with van der Waals surface area (Å²) in [5, 5.41) is 0. The fraction of sp³-hybridized carbons (Fsp3) is 0.400. The number of hydrogen-bond donors (Lipinski definition) is 0. The van der Waals surface area contributed by atoms with Crippen molar-refractivity contribution < 1.29 is 27.5 Å². The van der Waals surface area contributed by atoms with E-state index in [9.17, 15) is 22.8 Å². The molecule has 0 spiro atoms. The molecule has 0 aliphatic carbocycles. The van der Waals surface area contributed by atoms with Crippen LogP contribution in [0, 0.1) is 20.8 Å². The van der Waals surface area contributed by atoms with Gasteiger partial charge in [0.05, 0.1) is 10.5 Å². The van der Waals surface area contributed by atoms with Crippen molar-refractivity contribution in [3.05, 3.63) is 64.2 Å². The van der Waals surface area contributed by atoms with Crippen LogP contribution in [0.2, 0.25) is 0 Å². The van der Waals surface area contributed by atoms with E-state index in [4.69, 9.17) is 4.74 Å². The number of ether oxygens (including phenoxy) is 1. The first-order valence-corrected chi connectivity index (χ1v) is 12.5. The fourth-order valence-corrected chi connectivity index (χ4v) is 5.37. The molecule has 1 atom stereocenters. The van der Waals surface area contributed by atoms with Crippen molar-refractivity contribution in [2.24, 2.45) is 0 Å². The van der Waals surface area contributed by atoms with Crippen molar-refractivity contribution in [1.29, 1.82) is 0 Å². The van der Waals surface area contributed by atoms with Crippen LogP contribution >= 0.6 is 0 Å². The van der Waals surface area contributed by atoms with E-state index in [0.717, 1.165) is 16.7 Å². The maximum Gasteiger partial charge on any atom is 0.338 e. The molecule has 2 aromatic carbocycles. The number of nitrogens with zero attached hydrogens (tertiary/aromatic N) is 2. The Morgan fingerprint density at radius 2 is 1.53 bits per heavy atom. The number of benzene rings is 2. The van der Waals surface area contributed by atoms with E-state index in [-0.39, 0.29) is 35.2 Å². The van der Waals surface area contributed by atoms with Crippen LogP contribution in [0.5, 0.6) is 0 Å². The zero-order chi connectivity index (χ0) is 25.2. The lowest BCUT2D eigenvalue weighted by molar-refractivity contribution is -0.129. The van der Waals surface area contributed by atoms with Gasteiger partial charge < -0.3 is 9.64 Å². The SMILES string of the molecule is CC(=O)N1CCN(S(=O)(=O)c2cccc(C(=O)OC(C)C(=O)c3cc(C)c(C)cc3C)c2)CC1. The van der Waals surface area contributed by atoms with Crippen molar-refractivity contribution >= 4 is 27.7 Å². The van der Waals surface area contributed by atoms with E-state index in [1.807, 2.05) is 26.8 Å². The minimum Gasteiger partial charge on any atom is -0.451 e. The standard InChI is InChI=1S/C25H30N2O6S/c1-16-13-18(3)23(14-17(16)2)24(29)19(4)33-25(30)21-7-6-8-22(15-21)34(31,32)27-11-9-26(10-12-27)20(5)28/h6-8,13-15,19H,9-12H2,1-5H3. The Morgan fingerprint density at radius 1 is 0.912 bits per heavy atom. The zero-order valence-corrected chi connectivity index (χ0v) is 20.9. The second-order valence-electron chi connectivity index (χ2n) is 8.60. The molecule has 0 radical (unpaired) electrons. The minimum absolute atomic E-state index is 0.0396. The van der Waals surface area contributed by atoms with Crippen LogP contribution in [0.4, 0.5) is 0 Å². The van der Waals surface area contributed by atoms with Gasteiger partial charge in [0.2, 0.25) is 21.7 Å². The van der Waals surface area contributed by atoms with Gasteiger partial charge in [-0.15, -0.1) is 0 Å². The number of carbonyl (C=O) groups is 3. The molecule has 9 heteroatoms. The highest BCUT2D eigenvalue weighted by molar-refractivity contribution is 7.89. The Bertz CT molecular complexity index is 1230. The number of piperazine rings is 1. The van der Waals surface area contributed by atoms with Crippen molar-refractivity contribution in [3.63, 3.8) is 0 Å². The Morgan fingerprint density at radius 3 is 2.15 bits per heavy atom. The van der Waals surface area contributed by atoms with E-state index in [0.29, 0.717) is 18.7 Å². The molecule has 1 amide bonds. The van der Waals surface area contributed by atoms with Crippen LogP contribution < -0.4 is 0 Å².